The average molecular weight is 328 g/mol. The maximum absolute atomic E-state index is 13.6. The predicted molar refractivity (Wildman–Crippen MR) is 90.2 cm³/mol. The van der Waals surface area contributed by atoms with Gasteiger partial charge in [0.2, 0.25) is 6.08 Å². The third-order valence-corrected chi connectivity index (χ3v) is 5.05. The van der Waals surface area contributed by atoms with E-state index in [1.807, 2.05) is 6.07 Å². The Bertz CT molecular complexity index is 750. The molecule has 1 aromatic carbocycles. The molecule has 0 saturated heterocycles. The summed E-state index contributed by atoms with van der Waals surface area (Å²) in [5.74, 6) is 0.496. The van der Waals surface area contributed by atoms with Gasteiger partial charge in [-0.3, -0.25) is 4.98 Å². The van der Waals surface area contributed by atoms with Crippen molar-refractivity contribution in [2.45, 2.75) is 37.6 Å². The molecule has 24 heavy (non-hydrogen) atoms. The highest BCUT2D eigenvalue weighted by molar-refractivity contribution is 5.82. The molecule has 5 heteroatoms. The van der Waals surface area contributed by atoms with Crippen LogP contribution in [0.3, 0.4) is 0 Å². The molecule has 1 fully saturated rings. The number of carbonyl (C=O) groups excluding carboxylic acids is 1. The molecule has 1 atom stereocenters. The zero-order valence-electron chi connectivity index (χ0n) is 13.7. The van der Waals surface area contributed by atoms with Gasteiger partial charge in [-0.15, -0.1) is 0 Å². The summed E-state index contributed by atoms with van der Waals surface area (Å²) in [4.78, 5) is 18.8. The summed E-state index contributed by atoms with van der Waals surface area (Å²) in [6.45, 7) is 0.452. The summed E-state index contributed by atoms with van der Waals surface area (Å²) in [6, 6.07) is 6.65. The summed E-state index contributed by atoms with van der Waals surface area (Å²) in [5.41, 5.74) is 2.00. The fourth-order valence-corrected chi connectivity index (χ4v) is 3.83. The Morgan fingerprint density at radius 3 is 2.83 bits per heavy atom. The molecular weight excluding hydrogens is 307 g/mol. The van der Waals surface area contributed by atoms with Crippen LogP contribution in [0.25, 0.3) is 10.9 Å². The zero-order chi connectivity index (χ0) is 16.9. The van der Waals surface area contributed by atoms with Crippen molar-refractivity contribution in [2.75, 3.05) is 13.7 Å². The molecule has 1 aliphatic carbocycles. The first-order chi connectivity index (χ1) is 11.7. The second-order valence-corrected chi connectivity index (χ2v) is 6.42. The van der Waals surface area contributed by atoms with Gasteiger partial charge in [-0.25, -0.2) is 9.18 Å². The number of aromatic nitrogens is 1. The van der Waals surface area contributed by atoms with E-state index in [2.05, 4.69) is 9.98 Å². The molecule has 0 radical (unpaired) electrons. The second kappa shape index (κ2) is 7.65. The lowest BCUT2D eigenvalue weighted by Crippen LogP contribution is -2.27. The van der Waals surface area contributed by atoms with E-state index in [4.69, 9.17) is 4.74 Å². The molecule has 0 aliphatic heterocycles. The minimum absolute atomic E-state index is 0.111. The minimum Gasteiger partial charge on any atom is -0.382 e. The molecular formula is C19H21FN2O2. The van der Waals surface area contributed by atoms with Crippen molar-refractivity contribution in [3.8, 4) is 0 Å². The highest BCUT2D eigenvalue weighted by Gasteiger charge is 2.29. The largest absolute Gasteiger partial charge is 0.382 e. The first kappa shape index (κ1) is 16.7. The summed E-state index contributed by atoms with van der Waals surface area (Å²) in [7, 11) is 1.62. The lowest BCUT2D eigenvalue weighted by molar-refractivity contribution is 0.142. The predicted octanol–water partition coefficient (Wildman–Crippen LogP) is 4.00. The van der Waals surface area contributed by atoms with Gasteiger partial charge in [0.1, 0.15) is 5.82 Å². The van der Waals surface area contributed by atoms with E-state index < -0.39 is 0 Å². The Morgan fingerprint density at radius 1 is 1.33 bits per heavy atom. The van der Waals surface area contributed by atoms with Crippen molar-refractivity contribution >= 4 is 17.0 Å². The molecule has 1 unspecified atom stereocenters. The molecule has 2 aromatic rings. The van der Waals surface area contributed by atoms with Crippen LogP contribution in [0.2, 0.25) is 0 Å². The first-order valence-electron chi connectivity index (χ1n) is 8.33. The first-order valence-corrected chi connectivity index (χ1v) is 8.33. The number of hydrogen-bond acceptors (Lipinski definition) is 4. The quantitative estimate of drug-likeness (QED) is 0.616. The third-order valence-electron chi connectivity index (χ3n) is 5.05. The van der Waals surface area contributed by atoms with Gasteiger partial charge in [-0.1, -0.05) is 0 Å². The summed E-state index contributed by atoms with van der Waals surface area (Å²) < 4.78 is 18.8. The molecule has 1 heterocycles. The fraction of sp³-hybridized carbons (Fsp3) is 0.474. The Hall–Kier alpha value is -2.10. The van der Waals surface area contributed by atoms with Crippen molar-refractivity contribution < 1.29 is 13.9 Å². The van der Waals surface area contributed by atoms with Crippen molar-refractivity contribution in [3.05, 3.63) is 41.8 Å². The van der Waals surface area contributed by atoms with Crippen LogP contribution in [0.1, 0.15) is 37.2 Å². The SMILES string of the molecule is COCC(N=C=O)[C@H]1CC[C@@H](c2ccnc3ccc(F)cc32)CC1. The Morgan fingerprint density at radius 2 is 2.12 bits per heavy atom. The number of rotatable bonds is 5. The standard InChI is InChI=1S/C19H21FN2O2/c1-24-11-19(22-12-23)14-4-2-13(3-5-14)16-8-9-21-18-7-6-15(20)10-17(16)18/h6-10,13-14,19H,2-5,11H2,1H3/t13-,14+,19?. The van der Waals surface area contributed by atoms with E-state index in [0.29, 0.717) is 18.4 Å². The molecule has 1 saturated carbocycles. The van der Waals surface area contributed by atoms with Gasteiger partial charge in [0.05, 0.1) is 18.2 Å². The average Bonchev–Trinajstić information content (AvgIpc) is 2.61. The van der Waals surface area contributed by atoms with E-state index in [1.54, 1.807) is 31.5 Å². The molecule has 1 aromatic heterocycles. The Kier molecular flexibility index (Phi) is 5.34. The van der Waals surface area contributed by atoms with Gasteiger partial charge in [0.15, 0.2) is 0 Å². The van der Waals surface area contributed by atoms with E-state index in [0.717, 1.165) is 36.6 Å². The molecule has 0 bridgehead atoms. The van der Waals surface area contributed by atoms with Crippen LogP contribution in [-0.4, -0.2) is 30.8 Å². The smallest absolute Gasteiger partial charge is 0.235 e. The van der Waals surface area contributed by atoms with E-state index >= 15 is 0 Å². The highest BCUT2D eigenvalue weighted by Crippen LogP contribution is 2.39. The number of nitrogens with zero attached hydrogens (tertiary/aromatic N) is 2. The van der Waals surface area contributed by atoms with Crippen molar-refractivity contribution in [3.63, 3.8) is 0 Å². The molecule has 0 spiro atoms. The Balaban J connectivity index is 1.77. The van der Waals surface area contributed by atoms with Crippen molar-refractivity contribution in [1.29, 1.82) is 0 Å². The number of fused-ring (bicyclic) bond motifs is 1. The maximum Gasteiger partial charge on any atom is 0.235 e. The summed E-state index contributed by atoms with van der Waals surface area (Å²) in [5, 5.41) is 0.903. The number of isocyanates is 1. The summed E-state index contributed by atoms with van der Waals surface area (Å²) in [6.07, 6.45) is 7.41. The molecule has 1 aliphatic rings. The van der Waals surface area contributed by atoms with E-state index in [-0.39, 0.29) is 11.9 Å². The topological polar surface area (TPSA) is 51.5 Å². The molecule has 0 amide bonds. The van der Waals surface area contributed by atoms with Gasteiger partial charge >= 0.3 is 0 Å². The van der Waals surface area contributed by atoms with Crippen LogP contribution < -0.4 is 0 Å². The normalized spacial score (nSPS) is 22.1. The second-order valence-electron chi connectivity index (χ2n) is 6.42. The summed E-state index contributed by atoms with van der Waals surface area (Å²) >= 11 is 0. The van der Waals surface area contributed by atoms with Gasteiger partial charge in [-0.05, 0) is 67.3 Å². The van der Waals surface area contributed by atoms with Gasteiger partial charge < -0.3 is 4.74 Å². The lowest BCUT2D eigenvalue weighted by atomic mass is 9.75. The molecule has 126 valence electrons. The van der Waals surface area contributed by atoms with Crippen LogP contribution in [-0.2, 0) is 9.53 Å². The van der Waals surface area contributed by atoms with Crippen LogP contribution in [0.4, 0.5) is 4.39 Å². The zero-order valence-corrected chi connectivity index (χ0v) is 13.7. The number of pyridine rings is 1. The lowest BCUT2D eigenvalue weighted by Gasteiger charge is -2.32. The van der Waals surface area contributed by atoms with Crippen molar-refractivity contribution in [1.82, 2.24) is 4.98 Å². The van der Waals surface area contributed by atoms with E-state index in [1.165, 1.54) is 11.6 Å². The van der Waals surface area contributed by atoms with Gasteiger partial charge in [0.25, 0.3) is 0 Å². The van der Waals surface area contributed by atoms with Crippen molar-refractivity contribution in [2.24, 2.45) is 10.9 Å². The van der Waals surface area contributed by atoms with Crippen LogP contribution in [0.15, 0.2) is 35.5 Å². The van der Waals surface area contributed by atoms with E-state index in [9.17, 15) is 9.18 Å². The molecule has 0 N–H and O–H groups in total. The number of benzene rings is 1. The number of methoxy groups -OCH3 is 1. The Labute approximate surface area is 140 Å². The third kappa shape index (κ3) is 3.53. The monoisotopic (exact) mass is 328 g/mol. The molecule has 4 nitrogen and oxygen atoms in total. The minimum atomic E-state index is -0.231. The molecule has 3 rings (SSSR count). The maximum atomic E-state index is 13.6. The van der Waals surface area contributed by atoms with Crippen LogP contribution in [0.5, 0.6) is 0 Å². The van der Waals surface area contributed by atoms with Crippen LogP contribution in [0, 0.1) is 11.7 Å². The number of ether oxygens (including phenoxy) is 1. The number of hydrogen-bond donors (Lipinski definition) is 0. The van der Waals surface area contributed by atoms with Gasteiger partial charge in [0, 0.05) is 18.7 Å². The van der Waals surface area contributed by atoms with Gasteiger partial charge in [-0.2, -0.15) is 4.99 Å². The number of aliphatic imine (C=N–C) groups is 1. The number of halogens is 1. The fourth-order valence-electron chi connectivity index (χ4n) is 3.83. The highest BCUT2D eigenvalue weighted by atomic mass is 19.1. The van der Waals surface area contributed by atoms with Crippen LogP contribution >= 0.6 is 0 Å².